The summed E-state index contributed by atoms with van der Waals surface area (Å²) >= 11 is 1.05. The molecule has 0 spiro atoms. The summed E-state index contributed by atoms with van der Waals surface area (Å²) in [5, 5.41) is 8.58. The van der Waals surface area contributed by atoms with Crippen molar-refractivity contribution in [3.8, 4) is 0 Å². The van der Waals surface area contributed by atoms with Gasteiger partial charge in [-0.2, -0.15) is 0 Å². The van der Waals surface area contributed by atoms with Gasteiger partial charge in [-0.25, -0.2) is 0 Å². The van der Waals surface area contributed by atoms with Crippen molar-refractivity contribution in [2.45, 2.75) is 9.77 Å². The molecule has 0 aliphatic carbocycles. The summed E-state index contributed by atoms with van der Waals surface area (Å²) in [4.78, 5) is 0. The predicted molar refractivity (Wildman–Crippen MR) is 25.6 cm³/mol. The molecule has 0 bridgehead atoms. The molecule has 3 N–H and O–H groups in total. The van der Waals surface area contributed by atoms with E-state index in [0.29, 0.717) is 6.54 Å². The second-order valence-electron chi connectivity index (χ2n) is 1.30. The number of hydrogen-bond acceptors (Lipinski definition) is 2. The Balaban J connectivity index is 2.75. The van der Waals surface area contributed by atoms with Crippen molar-refractivity contribution < 1.29 is 5.11 Å². The number of nitrogens with two attached hydrogens (primary N) is 1. The standard InChI is InChI=1S/C3H8NO.Na/c1-3(5)2-4;/h3,5H,1-2,4H2;. The van der Waals surface area contributed by atoms with Crippen molar-refractivity contribution in [1.29, 1.82) is 0 Å². The van der Waals surface area contributed by atoms with Crippen LogP contribution in [0.2, 0.25) is 3.67 Å². The van der Waals surface area contributed by atoms with Crippen molar-refractivity contribution in [2.75, 3.05) is 6.54 Å². The fraction of sp³-hybridized carbons (Fsp3) is 1.00. The van der Waals surface area contributed by atoms with Gasteiger partial charge in [0.15, 0.2) is 0 Å². The van der Waals surface area contributed by atoms with E-state index in [1.54, 1.807) is 0 Å². The molecule has 0 heterocycles. The van der Waals surface area contributed by atoms with Crippen LogP contribution in [-0.2, 0) is 0 Å². The molecular weight excluding hydrogens is 89.0 g/mol. The molecule has 0 aromatic carbocycles. The van der Waals surface area contributed by atoms with E-state index in [1.807, 2.05) is 0 Å². The second-order valence-corrected chi connectivity index (χ2v) is 2.11. The summed E-state index contributed by atoms with van der Waals surface area (Å²) in [5.74, 6) is 0. The summed E-state index contributed by atoms with van der Waals surface area (Å²) < 4.78 is 0.899. The van der Waals surface area contributed by atoms with Gasteiger partial charge < -0.3 is 0 Å². The van der Waals surface area contributed by atoms with Crippen LogP contribution in [0.15, 0.2) is 0 Å². The fourth-order valence-electron chi connectivity index (χ4n) is 0.167. The van der Waals surface area contributed by atoms with E-state index in [0.717, 1.165) is 31.6 Å². The average Bonchev–Trinajstić information content (AvgIpc) is 1.65. The van der Waals surface area contributed by atoms with Gasteiger partial charge in [-0.05, 0) is 0 Å². The number of hydrogen-bond donors (Lipinski definition) is 2. The Bertz CT molecular complexity index is 30.0. The Morgan fingerprint density at radius 3 is 2.33 bits per heavy atom. The van der Waals surface area contributed by atoms with Crippen LogP contribution in [-0.4, -0.2) is 45.7 Å². The molecule has 0 saturated carbocycles. The molecule has 1 atom stereocenters. The molecule has 0 radical (unpaired) electrons. The molecule has 0 fully saturated rings. The van der Waals surface area contributed by atoms with Gasteiger partial charge in [0, 0.05) is 0 Å². The summed E-state index contributed by atoms with van der Waals surface area (Å²) in [5.41, 5.74) is 5.05. The molecule has 0 saturated heterocycles. The van der Waals surface area contributed by atoms with Crippen molar-refractivity contribution >= 4 is 27.9 Å². The maximum atomic E-state index is 8.58. The van der Waals surface area contributed by atoms with Gasteiger partial charge in [-0.1, -0.05) is 0 Å². The van der Waals surface area contributed by atoms with Crippen LogP contribution in [0.25, 0.3) is 0 Å². The Morgan fingerprint density at radius 1 is 1.83 bits per heavy atom. The topological polar surface area (TPSA) is 46.2 Å². The van der Waals surface area contributed by atoms with Gasteiger partial charge in [0.05, 0.1) is 0 Å². The van der Waals surface area contributed by atoms with Crippen molar-refractivity contribution in [3.63, 3.8) is 0 Å². The van der Waals surface area contributed by atoms with E-state index >= 15 is 0 Å². The van der Waals surface area contributed by atoms with E-state index in [1.165, 1.54) is 0 Å². The van der Waals surface area contributed by atoms with Crippen LogP contribution < -0.4 is 5.73 Å². The summed E-state index contributed by atoms with van der Waals surface area (Å²) in [6.45, 7) is 0.420. The molecule has 0 amide bonds. The molecule has 0 aromatic heterocycles. The van der Waals surface area contributed by atoms with Crippen LogP contribution in [0.4, 0.5) is 0 Å². The van der Waals surface area contributed by atoms with Crippen LogP contribution in [0, 0.1) is 0 Å². The molecule has 0 rings (SSSR count). The third-order valence-corrected chi connectivity index (χ3v) is 1.69. The molecule has 1 unspecified atom stereocenters. The van der Waals surface area contributed by atoms with E-state index < -0.39 is 0 Å². The summed E-state index contributed by atoms with van der Waals surface area (Å²) in [6, 6.07) is 0. The predicted octanol–water partition coefficient (Wildman–Crippen LogP) is -1.11. The van der Waals surface area contributed by atoms with Gasteiger partial charge in [0.1, 0.15) is 0 Å². The van der Waals surface area contributed by atoms with Crippen LogP contribution in [0.1, 0.15) is 0 Å². The first kappa shape index (κ1) is 6.92. The van der Waals surface area contributed by atoms with Crippen LogP contribution >= 0.6 is 0 Å². The third kappa shape index (κ3) is 3.12. The molecule has 0 aliphatic rings. The monoisotopic (exact) mass is 97.1 g/mol. The average molecular weight is 97.1 g/mol. The first-order valence-electron chi connectivity index (χ1n) is 2.19. The molecule has 32 valence electrons. The van der Waals surface area contributed by atoms with E-state index in [2.05, 4.69) is 0 Å². The molecule has 0 aromatic rings. The Labute approximate surface area is 55.1 Å². The molecular formula is C3H8NNaO. The minimum atomic E-state index is -0.225. The third-order valence-electron chi connectivity index (χ3n) is 0.743. The van der Waals surface area contributed by atoms with E-state index in [4.69, 9.17) is 10.8 Å². The van der Waals surface area contributed by atoms with E-state index in [9.17, 15) is 0 Å². The normalized spacial score (nSPS) is 14.7. The SMILES string of the molecule is NCC(O)[CH2][Na]. The number of aliphatic hydroxyl groups is 1. The van der Waals surface area contributed by atoms with Gasteiger partial charge in [-0.15, -0.1) is 0 Å². The summed E-state index contributed by atoms with van der Waals surface area (Å²) in [7, 11) is 0. The number of aliphatic hydroxyl groups excluding tert-OH is 1. The Hall–Kier alpha value is 0.920. The summed E-state index contributed by atoms with van der Waals surface area (Å²) in [6.07, 6.45) is -0.225. The van der Waals surface area contributed by atoms with Gasteiger partial charge in [0.2, 0.25) is 0 Å². The van der Waals surface area contributed by atoms with Gasteiger partial charge in [0.25, 0.3) is 0 Å². The van der Waals surface area contributed by atoms with E-state index in [-0.39, 0.29) is 6.10 Å². The number of rotatable bonds is 2. The van der Waals surface area contributed by atoms with Crippen molar-refractivity contribution in [3.05, 3.63) is 0 Å². The van der Waals surface area contributed by atoms with Crippen LogP contribution in [0.3, 0.4) is 0 Å². The quantitative estimate of drug-likeness (QED) is 0.429. The maximum absolute atomic E-state index is 8.58. The zero-order chi connectivity index (χ0) is 4.99. The second kappa shape index (κ2) is 4.09. The van der Waals surface area contributed by atoms with Gasteiger partial charge in [-0.3, -0.25) is 0 Å². The Kier molecular flexibility index (Phi) is 4.72. The first-order chi connectivity index (χ1) is 2.81. The zero-order valence-corrected chi connectivity index (χ0v) is 6.02. The fourth-order valence-corrected chi connectivity index (χ4v) is 0.500. The van der Waals surface area contributed by atoms with Gasteiger partial charge >= 0.3 is 55.1 Å². The van der Waals surface area contributed by atoms with Crippen molar-refractivity contribution in [2.24, 2.45) is 5.73 Å². The first-order valence-corrected chi connectivity index (χ1v) is 3.60. The molecule has 6 heavy (non-hydrogen) atoms. The zero-order valence-electron chi connectivity index (χ0n) is 4.02. The van der Waals surface area contributed by atoms with Crippen molar-refractivity contribution in [1.82, 2.24) is 0 Å². The minimum absolute atomic E-state index is 0.225. The molecule has 2 nitrogen and oxygen atoms in total. The molecule has 3 heteroatoms. The molecule has 0 aliphatic heterocycles. The van der Waals surface area contributed by atoms with Crippen LogP contribution in [0.5, 0.6) is 0 Å². The Morgan fingerprint density at radius 2 is 2.33 bits per heavy atom.